The zero-order chi connectivity index (χ0) is 13.0. The SMILES string of the molecule is N#CC1(NC(=O)c2nnc(Cl)s2)CCCCCC1. The Hall–Kier alpha value is -1.19. The first-order chi connectivity index (χ1) is 8.65. The minimum atomic E-state index is -0.758. The van der Waals surface area contributed by atoms with Gasteiger partial charge >= 0.3 is 0 Å². The van der Waals surface area contributed by atoms with Crippen LogP contribution >= 0.6 is 22.9 Å². The molecule has 1 saturated carbocycles. The molecule has 1 fully saturated rings. The number of nitrogens with one attached hydrogen (secondary N) is 1. The topological polar surface area (TPSA) is 78.7 Å². The van der Waals surface area contributed by atoms with E-state index in [1.807, 2.05) is 0 Å². The Labute approximate surface area is 114 Å². The van der Waals surface area contributed by atoms with Crippen LogP contribution < -0.4 is 5.32 Å². The summed E-state index contributed by atoms with van der Waals surface area (Å²) in [7, 11) is 0. The molecule has 7 heteroatoms. The number of carbonyl (C=O) groups excluding carboxylic acids is 1. The molecule has 0 aliphatic heterocycles. The molecule has 96 valence electrons. The van der Waals surface area contributed by atoms with Crippen LogP contribution in [0.4, 0.5) is 0 Å². The number of hydrogen-bond acceptors (Lipinski definition) is 5. The molecule has 0 radical (unpaired) electrons. The number of amides is 1. The van der Waals surface area contributed by atoms with Crippen molar-refractivity contribution in [2.75, 3.05) is 0 Å². The van der Waals surface area contributed by atoms with Gasteiger partial charge in [-0.2, -0.15) is 5.26 Å². The minimum absolute atomic E-state index is 0.207. The first-order valence-corrected chi connectivity index (χ1v) is 7.07. The summed E-state index contributed by atoms with van der Waals surface area (Å²) in [6.07, 6.45) is 5.55. The van der Waals surface area contributed by atoms with Crippen molar-refractivity contribution in [3.63, 3.8) is 0 Å². The van der Waals surface area contributed by atoms with Crippen LogP contribution in [0.1, 0.15) is 48.3 Å². The average molecular weight is 285 g/mol. The van der Waals surface area contributed by atoms with Crippen molar-refractivity contribution in [2.24, 2.45) is 0 Å². The van der Waals surface area contributed by atoms with E-state index < -0.39 is 5.54 Å². The molecule has 1 heterocycles. The fourth-order valence-electron chi connectivity index (χ4n) is 2.16. The zero-order valence-electron chi connectivity index (χ0n) is 9.78. The Morgan fingerprint density at radius 3 is 2.50 bits per heavy atom. The maximum Gasteiger partial charge on any atom is 0.283 e. The van der Waals surface area contributed by atoms with Crippen LogP contribution in [-0.4, -0.2) is 21.6 Å². The molecule has 2 rings (SSSR count). The van der Waals surface area contributed by atoms with Crippen molar-refractivity contribution in [3.8, 4) is 6.07 Å². The van der Waals surface area contributed by atoms with Crippen LogP contribution in [-0.2, 0) is 0 Å². The maximum absolute atomic E-state index is 12.0. The number of nitriles is 1. The molecule has 0 bridgehead atoms. The van der Waals surface area contributed by atoms with Gasteiger partial charge in [-0.25, -0.2) is 0 Å². The molecule has 0 spiro atoms. The largest absolute Gasteiger partial charge is 0.332 e. The molecule has 1 aromatic heterocycles. The second-order valence-corrected chi connectivity index (χ2v) is 5.98. The molecule has 1 N–H and O–H groups in total. The Balaban J connectivity index is 2.10. The van der Waals surface area contributed by atoms with E-state index in [9.17, 15) is 10.1 Å². The van der Waals surface area contributed by atoms with E-state index >= 15 is 0 Å². The minimum Gasteiger partial charge on any atom is -0.332 e. The summed E-state index contributed by atoms with van der Waals surface area (Å²) in [6.45, 7) is 0. The van der Waals surface area contributed by atoms with Crippen molar-refractivity contribution in [3.05, 3.63) is 9.47 Å². The molecule has 0 atom stereocenters. The Morgan fingerprint density at radius 1 is 1.33 bits per heavy atom. The molecule has 0 aromatic carbocycles. The first kappa shape index (κ1) is 13.2. The van der Waals surface area contributed by atoms with Gasteiger partial charge in [-0.15, -0.1) is 10.2 Å². The second-order valence-electron chi connectivity index (χ2n) is 4.42. The molecular formula is C11H13ClN4OS. The zero-order valence-corrected chi connectivity index (χ0v) is 11.4. The second kappa shape index (κ2) is 5.63. The van der Waals surface area contributed by atoms with Gasteiger partial charge in [-0.1, -0.05) is 37.0 Å². The van der Waals surface area contributed by atoms with E-state index in [0.29, 0.717) is 12.8 Å². The summed E-state index contributed by atoms with van der Waals surface area (Å²) in [6, 6.07) is 2.26. The molecule has 1 aliphatic carbocycles. The third-order valence-corrected chi connectivity index (χ3v) is 4.14. The maximum atomic E-state index is 12.0. The van der Waals surface area contributed by atoms with Crippen LogP contribution in [0, 0.1) is 11.3 Å². The highest BCUT2D eigenvalue weighted by molar-refractivity contribution is 7.17. The molecular weight excluding hydrogens is 272 g/mol. The summed E-state index contributed by atoms with van der Waals surface area (Å²) >= 11 is 6.66. The van der Waals surface area contributed by atoms with Gasteiger partial charge < -0.3 is 5.32 Å². The number of aromatic nitrogens is 2. The standard InChI is InChI=1S/C11H13ClN4OS/c12-10-16-15-9(18-10)8(17)14-11(7-13)5-3-1-2-4-6-11/h1-6H2,(H,14,17). The number of nitrogens with zero attached hydrogens (tertiary/aromatic N) is 3. The van der Waals surface area contributed by atoms with Crippen LogP contribution in [0.15, 0.2) is 0 Å². The quantitative estimate of drug-likeness (QED) is 0.847. The van der Waals surface area contributed by atoms with Gasteiger partial charge in [0.1, 0.15) is 5.54 Å². The average Bonchev–Trinajstić information content (AvgIpc) is 2.66. The van der Waals surface area contributed by atoms with Crippen LogP contribution in [0.25, 0.3) is 0 Å². The van der Waals surface area contributed by atoms with Gasteiger partial charge in [0.2, 0.25) is 9.47 Å². The van der Waals surface area contributed by atoms with Gasteiger partial charge in [0, 0.05) is 0 Å². The summed E-state index contributed by atoms with van der Waals surface area (Å²) < 4.78 is 0.229. The lowest BCUT2D eigenvalue weighted by atomic mass is 9.92. The number of carbonyl (C=O) groups is 1. The van der Waals surface area contributed by atoms with Crippen LogP contribution in [0.5, 0.6) is 0 Å². The lowest BCUT2D eigenvalue weighted by Gasteiger charge is -2.25. The fraction of sp³-hybridized carbons (Fsp3) is 0.636. The van der Waals surface area contributed by atoms with Gasteiger partial charge in [-0.05, 0) is 24.4 Å². The molecule has 0 unspecified atom stereocenters. The Kier molecular flexibility index (Phi) is 4.15. The van der Waals surface area contributed by atoms with Gasteiger partial charge in [0.15, 0.2) is 0 Å². The van der Waals surface area contributed by atoms with Crippen molar-refractivity contribution in [1.82, 2.24) is 15.5 Å². The van der Waals surface area contributed by atoms with Crippen molar-refractivity contribution < 1.29 is 4.79 Å². The van der Waals surface area contributed by atoms with Gasteiger partial charge in [0.25, 0.3) is 5.91 Å². The lowest BCUT2D eigenvalue weighted by molar-refractivity contribution is 0.0912. The third kappa shape index (κ3) is 2.98. The molecule has 1 aliphatic rings. The molecule has 18 heavy (non-hydrogen) atoms. The predicted octanol–water partition coefficient (Wildman–Crippen LogP) is 2.54. The summed E-state index contributed by atoms with van der Waals surface area (Å²) in [4.78, 5) is 12.0. The Morgan fingerprint density at radius 2 is 2.00 bits per heavy atom. The third-order valence-electron chi connectivity index (χ3n) is 3.12. The van der Waals surface area contributed by atoms with E-state index in [4.69, 9.17) is 11.6 Å². The molecule has 1 amide bonds. The highest BCUT2D eigenvalue weighted by Crippen LogP contribution is 2.27. The monoisotopic (exact) mass is 284 g/mol. The molecule has 5 nitrogen and oxygen atoms in total. The van der Waals surface area contributed by atoms with E-state index in [-0.39, 0.29) is 15.4 Å². The van der Waals surface area contributed by atoms with Crippen LogP contribution in [0.2, 0.25) is 4.47 Å². The van der Waals surface area contributed by atoms with E-state index in [1.54, 1.807) is 0 Å². The Bertz CT molecular complexity index is 474. The van der Waals surface area contributed by atoms with E-state index in [2.05, 4.69) is 21.6 Å². The predicted molar refractivity (Wildman–Crippen MR) is 68.4 cm³/mol. The molecule has 0 saturated heterocycles. The summed E-state index contributed by atoms with van der Waals surface area (Å²) in [5, 5.41) is 19.6. The van der Waals surface area contributed by atoms with Gasteiger partial charge in [0.05, 0.1) is 6.07 Å². The summed E-state index contributed by atoms with van der Waals surface area (Å²) in [5.74, 6) is -0.358. The van der Waals surface area contributed by atoms with E-state index in [0.717, 1.165) is 37.0 Å². The van der Waals surface area contributed by atoms with Crippen molar-refractivity contribution >= 4 is 28.8 Å². The normalized spacial score (nSPS) is 18.7. The number of halogens is 1. The number of rotatable bonds is 2. The highest BCUT2D eigenvalue weighted by atomic mass is 35.5. The van der Waals surface area contributed by atoms with Gasteiger partial charge in [-0.3, -0.25) is 4.79 Å². The fourth-order valence-corrected chi connectivity index (χ4v) is 2.89. The highest BCUT2D eigenvalue weighted by Gasteiger charge is 2.33. The van der Waals surface area contributed by atoms with Crippen molar-refractivity contribution in [2.45, 2.75) is 44.1 Å². The number of hydrogen-bond donors (Lipinski definition) is 1. The lowest BCUT2D eigenvalue weighted by Crippen LogP contribution is -2.47. The van der Waals surface area contributed by atoms with Crippen molar-refractivity contribution in [1.29, 1.82) is 5.26 Å². The smallest absolute Gasteiger partial charge is 0.283 e. The van der Waals surface area contributed by atoms with E-state index in [1.165, 1.54) is 0 Å². The summed E-state index contributed by atoms with van der Waals surface area (Å²) in [5.41, 5.74) is -0.758. The first-order valence-electron chi connectivity index (χ1n) is 5.88. The van der Waals surface area contributed by atoms with Crippen LogP contribution in [0.3, 0.4) is 0 Å². The molecule has 1 aromatic rings.